The molecule has 7 heteroatoms. The maximum Gasteiger partial charge on any atom is 0.333 e. The molecule has 2 amide bonds. The number of nitrogens with zero attached hydrogens (tertiary/aromatic N) is 2. The van der Waals surface area contributed by atoms with Gasteiger partial charge in [0.2, 0.25) is 0 Å². The van der Waals surface area contributed by atoms with Gasteiger partial charge in [0.05, 0.1) is 4.24 Å². The van der Waals surface area contributed by atoms with E-state index in [1.54, 1.807) is 30.4 Å². The summed E-state index contributed by atoms with van der Waals surface area (Å²) in [7, 11) is 3.41. The van der Waals surface area contributed by atoms with Gasteiger partial charge in [-0.1, -0.05) is 25.3 Å². The lowest BCUT2D eigenvalue weighted by Gasteiger charge is -2.20. The third kappa shape index (κ3) is 4.54. The normalized spacial score (nSPS) is 16.7. The molecular formula is C9H18N4OS2. The van der Waals surface area contributed by atoms with Crippen LogP contribution in [0.1, 0.15) is 20.8 Å². The Balaban J connectivity index is 2.37. The Morgan fingerprint density at radius 2 is 2.19 bits per heavy atom. The number of hydrogen-bond donors (Lipinski definition) is 2. The van der Waals surface area contributed by atoms with Crippen LogP contribution in [-0.2, 0) is 0 Å². The zero-order chi connectivity index (χ0) is 12.3. The van der Waals surface area contributed by atoms with E-state index in [1.165, 1.54) is 16.8 Å². The Morgan fingerprint density at radius 3 is 2.69 bits per heavy atom. The number of nitrogens with one attached hydrogen (secondary N) is 2. The van der Waals surface area contributed by atoms with Crippen molar-refractivity contribution >= 4 is 29.7 Å². The number of carbonyl (C=O) groups is 1. The molecule has 0 saturated carbocycles. The van der Waals surface area contributed by atoms with Crippen LogP contribution >= 0.6 is 23.7 Å². The summed E-state index contributed by atoms with van der Waals surface area (Å²) in [6.07, 6.45) is 1.89. The van der Waals surface area contributed by atoms with E-state index in [4.69, 9.17) is 0 Å². The van der Waals surface area contributed by atoms with Crippen molar-refractivity contribution < 1.29 is 4.79 Å². The molecule has 1 aliphatic heterocycles. The highest BCUT2D eigenvalue weighted by Crippen LogP contribution is 2.40. The van der Waals surface area contributed by atoms with E-state index >= 15 is 0 Å². The number of thioether (sulfide) groups is 1. The topological polar surface area (TPSA) is 47.6 Å². The van der Waals surface area contributed by atoms with E-state index in [-0.39, 0.29) is 10.8 Å². The number of rotatable bonds is 2. The van der Waals surface area contributed by atoms with Crippen LogP contribution < -0.4 is 10.9 Å². The van der Waals surface area contributed by atoms with Gasteiger partial charge in [-0.2, -0.15) is 0 Å². The van der Waals surface area contributed by atoms with Crippen LogP contribution in [0.2, 0.25) is 0 Å². The fourth-order valence-electron chi connectivity index (χ4n) is 0.846. The molecule has 0 radical (unpaired) electrons. The molecule has 1 aliphatic rings. The second-order valence-corrected chi connectivity index (χ2v) is 7.62. The molecule has 1 heterocycles. The van der Waals surface area contributed by atoms with E-state index in [1.807, 2.05) is 6.20 Å². The summed E-state index contributed by atoms with van der Waals surface area (Å²) in [4.78, 5) is 12.9. The van der Waals surface area contributed by atoms with Crippen molar-refractivity contribution in [1.82, 2.24) is 20.3 Å². The summed E-state index contributed by atoms with van der Waals surface area (Å²) in [6, 6.07) is -0.157. The molecule has 0 spiro atoms. The molecule has 0 aromatic heterocycles. The van der Waals surface area contributed by atoms with Gasteiger partial charge in [0.1, 0.15) is 0 Å². The van der Waals surface area contributed by atoms with Crippen molar-refractivity contribution in [1.29, 1.82) is 0 Å². The molecule has 92 valence electrons. The van der Waals surface area contributed by atoms with E-state index in [0.717, 1.165) is 4.24 Å². The van der Waals surface area contributed by atoms with Crippen LogP contribution in [0.15, 0.2) is 10.4 Å². The zero-order valence-corrected chi connectivity index (χ0v) is 11.8. The first-order valence-electron chi connectivity index (χ1n) is 4.89. The number of hydrazine groups is 2. The predicted octanol–water partition coefficient (Wildman–Crippen LogP) is 1.97. The maximum atomic E-state index is 11.4. The lowest BCUT2D eigenvalue weighted by atomic mass is 10.3. The second kappa shape index (κ2) is 5.20. The number of urea groups is 1. The standard InChI is InChI=1S/C9H18N4OS2/c1-9(2,3)15-7-6-10-13(16-7)11-8(14)12(4)5/h6,10H,1-5H3,(H,11,14). The summed E-state index contributed by atoms with van der Waals surface area (Å²) in [5.74, 6) is 0. The average molecular weight is 262 g/mol. The Bertz CT molecular complexity index is 298. The van der Waals surface area contributed by atoms with Crippen molar-refractivity contribution in [3.63, 3.8) is 0 Å². The van der Waals surface area contributed by atoms with E-state index in [9.17, 15) is 4.79 Å². The lowest BCUT2D eigenvalue weighted by Crippen LogP contribution is -2.46. The monoisotopic (exact) mass is 262 g/mol. The van der Waals surface area contributed by atoms with Crippen LogP contribution in [0.25, 0.3) is 0 Å². The first-order valence-corrected chi connectivity index (χ1v) is 6.48. The van der Waals surface area contributed by atoms with Crippen LogP contribution in [-0.4, -0.2) is 34.3 Å². The van der Waals surface area contributed by atoms with Crippen LogP contribution in [0, 0.1) is 0 Å². The quantitative estimate of drug-likeness (QED) is 0.745. The van der Waals surface area contributed by atoms with Gasteiger partial charge >= 0.3 is 6.03 Å². The highest BCUT2D eigenvalue weighted by Gasteiger charge is 2.22. The molecule has 0 aromatic carbocycles. The van der Waals surface area contributed by atoms with Crippen molar-refractivity contribution in [2.45, 2.75) is 25.5 Å². The first kappa shape index (κ1) is 13.5. The summed E-state index contributed by atoms with van der Waals surface area (Å²) < 4.78 is 2.89. The number of amides is 2. The van der Waals surface area contributed by atoms with Gasteiger partial charge in [-0.3, -0.25) is 5.43 Å². The van der Waals surface area contributed by atoms with Crippen LogP contribution in [0.5, 0.6) is 0 Å². The van der Waals surface area contributed by atoms with Crippen molar-refractivity contribution in [2.24, 2.45) is 0 Å². The fourth-order valence-corrected chi connectivity index (χ4v) is 3.20. The lowest BCUT2D eigenvalue weighted by molar-refractivity contribution is 0.193. The molecule has 2 N–H and O–H groups in total. The van der Waals surface area contributed by atoms with Gasteiger partial charge in [-0.05, 0) is 0 Å². The molecule has 16 heavy (non-hydrogen) atoms. The molecule has 0 atom stereocenters. The molecule has 0 fully saturated rings. The Labute approximate surface area is 105 Å². The molecule has 0 bridgehead atoms. The second-order valence-electron chi connectivity index (χ2n) is 4.50. The van der Waals surface area contributed by atoms with Gasteiger partial charge < -0.3 is 4.90 Å². The van der Waals surface area contributed by atoms with Gasteiger partial charge in [0, 0.05) is 37.0 Å². The molecular weight excluding hydrogens is 244 g/mol. The van der Waals surface area contributed by atoms with Crippen molar-refractivity contribution in [3.05, 3.63) is 10.4 Å². The van der Waals surface area contributed by atoms with Crippen LogP contribution in [0.4, 0.5) is 4.79 Å². The minimum absolute atomic E-state index is 0.157. The Morgan fingerprint density at radius 1 is 1.56 bits per heavy atom. The van der Waals surface area contributed by atoms with Crippen LogP contribution in [0.3, 0.4) is 0 Å². The third-order valence-corrected chi connectivity index (χ3v) is 3.57. The minimum atomic E-state index is -0.157. The summed E-state index contributed by atoms with van der Waals surface area (Å²) in [5, 5.41) is 0. The molecule has 5 nitrogen and oxygen atoms in total. The summed E-state index contributed by atoms with van der Waals surface area (Å²) in [5.41, 5.74) is 5.67. The molecule has 0 aromatic rings. The highest BCUT2D eigenvalue weighted by molar-refractivity contribution is 8.22. The van der Waals surface area contributed by atoms with E-state index < -0.39 is 0 Å². The summed E-state index contributed by atoms with van der Waals surface area (Å²) >= 11 is 3.23. The van der Waals surface area contributed by atoms with Gasteiger partial charge in [-0.25, -0.2) is 10.2 Å². The fraction of sp³-hybridized carbons (Fsp3) is 0.667. The van der Waals surface area contributed by atoms with Gasteiger partial charge in [0.25, 0.3) is 0 Å². The highest BCUT2D eigenvalue weighted by atomic mass is 32.2. The maximum absolute atomic E-state index is 11.4. The third-order valence-electron chi connectivity index (χ3n) is 1.49. The average Bonchev–Trinajstić information content (AvgIpc) is 2.49. The van der Waals surface area contributed by atoms with E-state index in [2.05, 4.69) is 31.6 Å². The molecule has 1 rings (SSSR count). The predicted molar refractivity (Wildman–Crippen MR) is 70.2 cm³/mol. The molecule has 0 aliphatic carbocycles. The number of carbonyl (C=O) groups excluding carboxylic acids is 1. The smallest absolute Gasteiger partial charge is 0.330 e. The Kier molecular flexibility index (Phi) is 4.40. The van der Waals surface area contributed by atoms with Gasteiger partial charge in [0.15, 0.2) is 0 Å². The Hall–Kier alpha value is -0.530. The van der Waals surface area contributed by atoms with Crippen molar-refractivity contribution in [2.75, 3.05) is 14.1 Å². The van der Waals surface area contributed by atoms with E-state index in [0.29, 0.717) is 0 Å². The summed E-state index contributed by atoms with van der Waals surface area (Å²) in [6.45, 7) is 6.46. The molecule has 0 saturated heterocycles. The SMILES string of the molecule is CN(C)C(=O)NN1NC=C(SC(C)(C)C)S1. The zero-order valence-electron chi connectivity index (χ0n) is 10.2. The first-order chi connectivity index (χ1) is 7.28. The minimum Gasteiger partial charge on any atom is -0.330 e. The number of hydrogen-bond acceptors (Lipinski definition) is 5. The van der Waals surface area contributed by atoms with Crippen molar-refractivity contribution in [3.8, 4) is 0 Å². The largest absolute Gasteiger partial charge is 0.333 e. The molecule has 0 unspecified atom stereocenters. The van der Waals surface area contributed by atoms with Gasteiger partial charge in [-0.15, -0.1) is 11.8 Å².